The van der Waals surface area contributed by atoms with Crippen LogP contribution >= 0.6 is 0 Å². The summed E-state index contributed by atoms with van der Waals surface area (Å²) in [5, 5.41) is 0. The first-order chi connectivity index (χ1) is 12.4. The van der Waals surface area contributed by atoms with Crippen LogP contribution in [-0.2, 0) is 16.1 Å². The van der Waals surface area contributed by atoms with Crippen molar-refractivity contribution in [3.8, 4) is 0 Å². The molecule has 2 aromatic carbocycles. The smallest absolute Gasteiger partial charge is 0.228 e. The van der Waals surface area contributed by atoms with Gasteiger partial charge in [-0.1, -0.05) is 42.0 Å². The molecule has 138 valence electrons. The lowest BCUT2D eigenvalue weighted by Gasteiger charge is -2.25. The molecule has 0 aliphatic rings. The van der Waals surface area contributed by atoms with Crippen molar-refractivity contribution in [2.24, 2.45) is 0 Å². The Morgan fingerprint density at radius 1 is 0.962 bits per heavy atom. The molecule has 0 spiro atoms. The molecule has 26 heavy (non-hydrogen) atoms. The van der Waals surface area contributed by atoms with E-state index in [1.165, 1.54) is 5.56 Å². The molecule has 0 heterocycles. The van der Waals surface area contributed by atoms with Crippen molar-refractivity contribution in [2.75, 3.05) is 18.0 Å². The fourth-order valence-electron chi connectivity index (χ4n) is 3.04. The van der Waals surface area contributed by atoms with Crippen molar-refractivity contribution in [1.29, 1.82) is 0 Å². The Bertz CT molecular complexity index is 770. The third-order valence-electron chi connectivity index (χ3n) is 4.43. The molecule has 0 N–H and O–H groups in total. The summed E-state index contributed by atoms with van der Waals surface area (Å²) in [6.07, 6.45) is 0.313. The van der Waals surface area contributed by atoms with Crippen LogP contribution in [0.1, 0.15) is 37.0 Å². The van der Waals surface area contributed by atoms with Crippen molar-refractivity contribution in [2.45, 2.75) is 40.7 Å². The molecular weight excluding hydrogens is 324 g/mol. The van der Waals surface area contributed by atoms with Crippen LogP contribution in [-0.4, -0.2) is 29.8 Å². The molecule has 0 fully saturated rings. The topological polar surface area (TPSA) is 40.6 Å². The number of amides is 2. The highest BCUT2D eigenvalue weighted by atomic mass is 16.2. The van der Waals surface area contributed by atoms with Gasteiger partial charge in [-0.3, -0.25) is 9.59 Å². The van der Waals surface area contributed by atoms with Crippen LogP contribution in [0.2, 0.25) is 0 Å². The number of benzene rings is 2. The van der Waals surface area contributed by atoms with E-state index < -0.39 is 0 Å². The average molecular weight is 352 g/mol. The number of hydrogen-bond acceptors (Lipinski definition) is 2. The Morgan fingerprint density at radius 2 is 1.62 bits per heavy atom. The summed E-state index contributed by atoms with van der Waals surface area (Å²) >= 11 is 0. The number of carbonyl (C=O) groups excluding carboxylic acids is 2. The van der Waals surface area contributed by atoms with Gasteiger partial charge in [0.1, 0.15) is 0 Å². The lowest BCUT2D eigenvalue weighted by molar-refractivity contribution is -0.130. The zero-order chi connectivity index (χ0) is 19.1. The Hall–Kier alpha value is -2.62. The largest absolute Gasteiger partial charge is 0.338 e. The summed E-state index contributed by atoms with van der Waals surface area (Å²) in [4.78, 5) is 28.2. The molecule has 4 nitrogen and oxygen atoms in total. The van der Waals surface area contributed by atoms with Gasteiger partial charge in [0.15, 0.2) is 0 Å². The van der Waals surface area contributed by atoms with Gasteiger partial charge >= 0.3 is 0 Å². The maximum atomic E-state index is 12.7. The molecule has 0 saturated carbocycles. The van der Waals surface area contributed by atoms with Gasteiger partial charge in [0.05, 0.1) is 0 Å². The van der Waals surface area contributed by atoms with E-state index in [9.17, 15) is 9.59 Å². The molecule has 0 saturated heterocycles. The van der Waals surface area contributed by atoms with Crippen LogP contribution in [0.5, 0.6) is 0 Å². The molecule has 2 aromatic rings. The third kappa shape index (κ3) is 5.45. The van der Waals surface area contributed by atoms with Crippen molar-refractivity contribution >= 4 is 17.5 Å². The Kier molecular flexibility index (Phi) is 6.96. The molecule has 0 bridgehead atoms. The number of aryl methyl sites for hydroxylation is 2. The summed E-state index contributed by atoms with van der Waals surface area (Å²) < 4.78 is 0. The lowest BCUT2D eigenvalue weighted by Crippen LogP contribution is -2.36. The maximum Gasteiger partial charge on any atom is 0.228 e. The molecule has 2 amide bonds. The van der Waals surface area contributed by atoms with Crippen LogP contribution in [0, 0.1) is 13.8 Å². The first-order valence-corrected chi connectivity index (χ1v) is 9.08. The summed E-state index contributed by atoms with van der Waals surface area (Å²) in [5.74, 6) is 0.0199. The minimum absolute atomic E-state index is 0.0158. The zero-order valence-electron chi connectivity index (χ0n) is 16.2. The van der Waals surface area contributed by atoms with Crippen molar-refractivity contribution in [3.05, 3.63) is 65.2 Å². The summed E-state index contributed by atoms with van der Waals surface area (Å²) in [6, 6.07) is 16.0. The van der Waals surface area contributed by atoms with Crippen LogP contribution in [0.4, 0.5) is 5.69 Å². The third-order valence-corrected chi connectivity index (χ3v) is 4.43. The first kappa shape index (κ1) is 19.7. The van der Waals surface area contributed by atoms with Crippen LogP contribution in [0.15, 0.2) is 48.5 Å². The highest BCUT2D eigenvalue weighted by Crippen LogP contribution is 2.17. The summed E-state index contributed by atoms with van der Waals surface area (Å²) in [5.41, 5.74) is 4.28. The predicted octanol–water partition coefficient (Wildman–Crippen LogP) is 4.10. The van der Waals surface area contributed by atoms with Gasteiger partial charge < -0.3 is 9.80 Å². The number of carbonyl (C=O) groups is 2. The van der Waals surface area contributed by atoms with E-state index in [1.807, 2.05) is 63.2 Å². The van der Waals surface area contributed by atoms with Crippen molar-refractivity contribution < 1.29 is 9.59 Å². The molecule has 4 heteroatoms. The Balaban J connectivity index is 2.03. The van der Waals surface area contributed by atoms with Gasteiger partial charge in [0.2, 0.25) is 11.8 Å². The Morgan fingerprint density at radius 3 is 2.19 bits per heavy atom. The van der Waals surface area contributed by atoms with Gasteiger partial charge in [0.25, 0.3) is 0 Å². The van der Waals surface area contributed by atoms with Gasteiger partial charge in [-0.2, -0.15) is 0 Å². The van der Waals surface area contributed by atoms with Crippen molar-refractivity contribution in [3.63, 3.8) is 0 Å². The highest BCUT2D eigenvalue weighted by molar-refractivity contribution is 5.93. The molecule has 0 atom stereocenters. The Labute approximate surface area is 156 Å². The molecule has 0 radical (unpaired) electrons. The van der Waals surface area contributed by atoms with Crippen LogP contribution in [0.25, 0.3) is 0 Å². The molecule has 0 aliphatic heterocycles. The predicted molar refractivity (Wildman–Crippen MR) is 106 cm³/mol. The molecule has 2 rings (SSSR count). The quantitative estimate of drug-likeness (QED) is 0.753. The number of hydrogen-bond donors (Lipinski definition) is 0. The van der Waals surface area contributed by atoms with E-state index in [4.69, 9.17) is 0 Å². The fraction of sp³-hybridized carbons (Fsp3) is 0.364. The maximum absolute atomic E-state index is 12.7. The standard InChI is InChI=1S/C22H28N2O2/c1-5-24(21-11-7-9-18(3)15-21)22(26)12-13-23(19(4)25)16-20-10-6-8-17(2)14-20/h6-11,14-15H,5,12-13,16H2,1-4H3. The van der Waals surface area contributed by atoms with E-state index in [1.54, 1.807) is 16.7 Å². The number of anilines is 1. The lowest BCUT2D eigenvalue weighted by atomic mass is 10.1. The second kappa shape index (κ2) is 9.18. The molecular formula is C22H28N2O2. The van der Waals surface area contributed by atoms with Crippen LogP contribution in [0.3, 0.4) is 0 Å². The molecule has 0 aliphatic carbocycles. The second-order valence-corrected chi connectivity index (χ2v) is 6.66. The van der Waals surface area contributed by atoms with Gasteiger partial charge in [0, 0.05) is 38.7 Å². The monoisotopic (exact) mass is 352 g/mol. The van der Waals surface area contributed by atoms with E-state index in [-0.39, 0.29) is 11.8 Å². The summed E-state index contributed by atoms with van der Waals surface area (Å²) in [6.45, 7) is 9.13. The minimum Gasteiger partial charge on any atom is -0.338 e. The fourth-order valence-corrected chi connectivity index (χ4v) is 3.04. The minimum atomic E-state index is -0.0158. The van der Waals surface area contributed by atoms with Gasteiger partial charge in [-0.15, -0.1) is 0 Å². The highest BCUT2D eigenvalue weighted by Gasteiger charge is 2.17. The van der Waals surface area contributed by atoms with Crippen molar-refractivity contribution in [1.82, 2.24) is 4.90 Å². The van der Waals surface area contributed by atoms with E-state index in [0.717, 1.165) is 16.8 Å². The van der Waals surface area contributed by atoms with E-state index in [2.05, 4.69) is 6.07 Å². The molecule has 0 unspecified atom stereocenters. The first-order valence-electron chi connectivity index (χ1n) is 9.08. The zero-order valence-corrected chi connectivity index (χ0v) is 16.2. The van der Waals surface area contributed by atoms with E-state index >= 15 is 0 Å². The van der Waals surface area contributed by atoms with E-state index in [0.29, 0.717) is 26.1 Å². The summed E-state index contributed by atoms with van der Waals surface area (Å²) in [7, 11) is 0. The van der Waals surface area contributed by atoms with Gasteiger partial charge in [-0.05, 0) is 44.0 Å². The SMILES string of the molecule is CCN(C(=O)CCN(Cc1cccc(C)c1)C(C)=O)c1cccc(C)c1. The van der Waals surface area contributed by atoms with Crippen LogP contribution < -0.4 is 4.90 Å². The number of rotatable bonds is 7. The van der Waals surface area contributed by atoms with Gasteiger partial charge in [-0.25, -0.2) is 0 Å². The average Bonchev–Trinajstić information content (AvgIpc) is 2.59. The second-order valence-electron chi connectivity index (χ2n) is 6.66. The number of nitrogens with zero attached hydrogens (tertiary/aromatic N) is 2. The molecule has 0 aromatic heterocycles. The normalized spacial score (nSPS) is 10.5.